The Labute approximate surface area is 85.4 Å². The van der Waals surface area contributed by atoms with Gasteiger partial charge >= 0.3 is 0 Å². The molecular formula is C10H7N5. The lowest BCUT2D eigenvalue weighted by Crippen LogP contribution is -1.97. The first-order valence-corrected chi connectivity index (χ1v) is 4.50. The molecule has 0 unspecified atom stereocenters. The van der Waals surface area contributed by atoms with Crippen molar-refractivity contribution in [1.82, 2.24) is 24.7 Å². The second-order valence-corrected chi connectivity index (χ2v) is 3.05. The van der Waals surface area contributed by atoms with Crippen LogP contribution in [0.25, 0.3) is 16.9 Å². The quantitative estimate of drug-likeness (QED) is 0.588. The molecule has 0 bridgehead atoms. The summed E-state index contributed by atoms with van der Waals surface area (Å²) in [6, 6.07) is 7.56. The molecule has 0 aliphatic heterocycles. The largest absolute Gasteiger partial charge is 0.255 e. The van der Waals surface area contributed by atoms with E-state index in [9.17, 15) is 0 Å². The predicted molar refractivity (Wildman–Crippen MR) is 54.5 cm³/mol. The van der Waals surface area contributed by atoms with Crippen molar-refractivity contribution >= 4 is 11.0 Å². The molecule has 0 fully saturated rings. The molecule has 3 aromatic rings. The van der Waals surface area contributed by atoms with Gasteiger partial charge < -0.3 is 0 Å². The third-order valence-electron chi connectivity index (χ3n) is 2.09. The zero-order valence-corrected chi connectivity index (χ0v) is 7.78. The van der Waals surface area contributed by atoms with Crippen molar-refractivity contribution in [2.24, 2.45) is 0 Å². The Morgan fingerprint density at radius 1 is 1.07 bits per heavy atom. The molecule has 0 saturated heterocycles. The van der Waals surface area contributed by atoms with Gasteiger partial charge in [-0.1, -0.05) is 0 Å². The van der Waals surface area contributed by atoms with E-state index in [0.29, 0.717) is 0 Å². The molecule has 3 aromatic heterocycles. The summed E-state index contributed by atoms with van der Waals surface area (Å²) in [6.45, 7) is 0. The maximum absolute atomic E-state index is 4.42. The molecule has 0 saturated carbocycles. The second kappa shape index (κ2) is 3.13. The summed E-state index contributed by atoms with van der Waals surface area (Å²) < 4.78 is 1.62. The van der Waals surface area contributed by atoms with Crippen LogP contribution in [0.2, 0.25) is 0 Å². The summed E-state index contributed by atoms with van der Waals surface area (Å²) in [4.78, 5) is 12.5. The van der Waals surface area contributed by atoms with Gasteiger partial charge in [0.25, 0.3) is 0 Å². The van der Waals surface area contributed by atoms with Crippen LogP contribution in [0.3, 0.4) is 0 Å². The number of rotatable bonds is 1. The van der Waals surface area contributed by atoms with E-state index in [0.717, 1.165) is 16.9 Å². The molecule has 0 atom stereocenters. The maximum atomic E-state index is 4.42. The number of pyridine rings is 2. The third kappa shape index (κ3) is 1.34. The minimum Gasteiger partial charge on any atom is -0.255 e. The Bertz CT molecular complexity index is 588. The van der Waals surface area contributed by atoms with Crippen molar-refractivity contribution in [3.63, 3.8) is 0 Å². The molecule has 5 nitrogen and oxygen atoms in total. The van der Waals surface area contributed by atoms with Gasteiger partial charge in [-0.15, -0.1) is 0 Å². The highest BCUT2D eigenvalue weighted by Crippen LogP contribution is 2.10. The first-order valence-electron chi connectivity index (χ1n) is 4.50. The van der Waals surface area contributed by atoms with Gasteiger partial charge in [0.05, 0.1) is 11.0 Å². The summed E-state index contributed by atoms with van der Waals surface area (Å²) >= 11 is 0. The standard InChI is InChI=1S/C10H7N5/c1-2-9-8(12-5-1)3-4-10(14-9)15-7-11-6-13-15/h1-7H. The summed E-state index contributed by atoms with van der Waals surface area (Å²) in [6.07, 6.45) is 4.85. The third-order valence-corrected chi connectivity index (χ3v) is 2.09. The van der Waals surface area contributed by atoms with Crippen LogP contribution in [0, 0.1) is 0 Å². The Morgan fingerprint density at radius 3 is 2.93 bits per heavy atom. The molecular weight excluding hydrogens is 190 g/mol. The van der Waals surface area contributed by atoms with Crippen molar-refractivity contribution < 1.29 is 0 Å². The van der Waals surface area contributed by atoms with E-state index in [1.54, 1.807) is 17.2 Å². The summed E-state index contributed by atoms with van der Waals surface area (Å²) in [7, 11) is 0. The van der Waals surface area contributed by atoms with Gasteiger partial charge in [-0.05, 0) is 24.3 Å². The zero-order chi connectivity index (χ0) is 10.1. The molecule has 5 heteroatoms. The Balaban J connectivity index is 2.22. The summed E-state index contributed by atoms with van der Waals surface area (Å²) in [5.74, 6) is 0.744. The van der Waals surface area contributed by atoms with E-state index in [-0.39, 0.29) is 0 Å². The summed E-state index contributed by atoms with van der Waals surface area (Å²) in [5, 5.41) is 4.02. The van der Waals surface area contributed by atoms with Crippen LogP contribution in [-0.4, -0.2) is 24.7 Å². The molecule has 3 rings (SSSR count). The molecule has 0 aliphatic rings. The number of hydrogen-bond donors (Lipinski definition) is 0. The van der Waals surface area contributed by atoms with Gasteiger partial charge in [-0.25, -0.2) is 14.6 Å². The molecule has 3 heterocycles. The molecule has 15 heavy (non-hydrogen) atoms. The minimum absolute atomic E-state index is 0.744. The lowest BCUT2D eigenvalue weighted by molar-refractivity contribution is 0.850. The second-order valence-electron chi connectivity index (χ2n) is 3.05. The van der Waals surface area contributed by atoms with Gasteiger partial charge in [0.2, 0.25) is 0 Å². The van der Waals surface area contributed by atoms with E-state index in [1.807, 2.05) is 24.3 Å². The van der Waals surface area contributed by atoms with Crippen LogP contribution < -0.4 is 0 Å². The van der Waals surface area contributed by atoms with Crippen molar-refractivity contribution in [3.05, 3.63) is 43.1 Å². The van der Waals surface area contributed by atoms with Crippen molar-refractivity contribution in [2.45, 2.75) is 0 Å². The van der Waals surface area contributed by atoms with Gasteiger partial charge in [-0.3, -0.25) is 4.98 Å². The van der Waals surface area contributed by atoms with E-state index in [2.05, 4.69) is 20.1 Å². The fraction of sp³-hybridized carbons (Fsp3) is 0. The van der Waals surface area contributed by atoms with Crippen molar-refractivity contribution in [3.8, 4) is 5.82 Å². The highest BCUT2D eigenvalue weighted by molar-refractivity contribution is 5.74. The molecule has 72 valence electrons. The molecule has 0 amide bonds. The number of aromatic nitrogens is 5. The molecule has 0 aromatic carbocycles. The monoisotopic (exact) mass is 197 g/mol. The molecule has 0 radical (unpaired) electrons. The van der Waals surface area contributed by atoms with E-state index in [4.69, 9.17) is 0 Å². The number of nitrogens with zero attached hydrogens (tertiary/aromatic N) is 5. The fourth-order valence-electron chi connectivity index (χ4n) is 1.40. The van der Waals surface area contributed by atoms with Crippen LogP contribution in [0.5, 0.6) is 0 Å². The smallest absolute Gasteiger partial charge is 0.156 e. The van der Waals surface area contributed by atoms with Crippen LogP contribution in [0.1, 0.15) is 0 Å². The zero-order valence-electron chi connectivity index (χ0n) is 7.78. The van der Waals surface area contributed by atoms with Gasteiger partial charge in [0.1, 0.15) is 12.7 Å². The topological polar surface area (TPSA) is 56.5 Å². The number of fused-ring (bicyclic) bond motifs is 1. The van der Waals surface area contributed by atoms with Gasteiger partial charge in [0, 0.05) is 6.20 Å². The molecule has 0 spiro atoms. The lowest BCUT2D eigenvalue weighted by atomic mass is 10.3. The lowest BCUT2D eigenvalue weighted by Gasteiger charge is -2.00. The highest BCUT2D eigenvalue weighted by atomic mass is 15.3. The SMILES string of the molecule is c1cnc2ccc(-n3cncn3)nc2c1. The van der Waals surface area contributed by atoms with E-state index >= 15 is 0 Å². The highest BCUT2D eigenvalue weighted by Gasteiger charge is 2.00. The molecule has 0 N–H and O–H groups in total. The summed E-state index contributed by atoms with van der Waals surface area (Å²) in [5.41, 5.74) is 1.73. The Hall–Kier alpha value is -2.30. The first kappa shape index (κ1) is 8.05. The van der Waals surface area contributed by atoms with E-state index < -0.39 is 0 Å². The van der Waals surface area contributed by atoms with Crippen molar-refractivity contribution in [2.75, 3.05) is 0 Å². The van der Waals surface area contributed by atoms with Gasteiger partial charge in [-0.2, -0.15) is 5.10 Å². The maximum Gasteiger partial charge on any atom is 0.156 e. The average Bonchev–Trinajstić information content (AvgIpc) is 2.82. The van der Waals surface area contributed by atoms with Crippen molar-refractivity contribution in [1.29, 1.82) is 0 Å². The fourth-order valence-corrected chi connectivity index (χ4v) is 1.40. The van der Waals surface area contributed by atoms with Crippen LogP contribution in [0.4, 0.5) is 0 Å². The first-order chi connectivity index (χ1) is 7.43. The van der Waals surface area contributed by atoms with Crippen LogP contribution in [-0.2, 0) is 0 Å². The normalized spacial score (nSPS) is 10.7. The molecule has 0 aliphatic carbocycles. The van der Waals surface area contributed by atoms with Crippen LogP contribution >= 0.6 is 0 Å². The number of hydrogen-bond acceptors (Lipinski definition) is 4. The Morgan fingerprint density at radius 2 is 2.07 bits per heavy atom. The van der Waals surface area contributed by atoms with Gasteiger partial charge in [0.15, 0.2) is 5.82 Å². The van der Waals surface area contributed by atoms with Crippen LogP contribution in [0.15, 0.2) is 43.1 Å². The predicted octanol–water partition coefficient (Wildman–Crippen LogP) is 1.21. The average molecular weight is 197 g/mol. The van der Waals surface area contributed by atoms with E-state index in [1.165, 1.54) is 6.33 Å². The Kier molecular flexibility index (Phi) is 1.68. The minimum atomic E-state index is 0.744.